The minimum absolute atomic E-state index is 0.149. The fraction of sp³-hybridized carbons (Fsp3) is 0.133. The Balaban J connectivity index is 1.85. The van der Waals surface area contributed by atoms with Gasteiger partial charge in [0.1, 0.15) is 23.1 Å². The fourth-order valence-corrected chi connectivity index (χ4v) is 1.77. The second-order valence-electron chi connectivity index (χ2n) is 4.38. The molecule has 110 valence electrons. The van der Waals surface area contributed by atoms with Gasteiger partial charge in [0.15, 0.2) is 0 Å². The number of rotatable bonds is 5. The number of halogens is 3. The summed E-state index contributed by atoms with van der Waals surface area (Å²) in [5, 5.41) is 4.91. The van der Waals surface area contributed by atoms with Crippen molar-refractivity contribution in [3.8, 4) is 0 Å². The zero-order chi connectivity index (χ0) is 15.2. The molecule has 1 amide bonds. The van der Waals surface area contributed by atoms with Crippen molar-refractivity contribution in [2.75, 3.05) is 11.9 Å². The summed E-state index contributed by atoms with van der Waals surface area (Å²) in [6.07, 6.45) is 0. The number of benzene rings is 2. The average molecular weight is 294 g/mol. The Bertz CT molecular complexity index is 626. The van der Waals surface area contributed by atoms with Gasteiger partial charge in [-0.15, -0.1) is 0 Å². The molecule has 0 aromatic heterocycles. The van der Waals surface area contributed by atoms with Gasteiger partial charge in [0.25, 0.3) is 0 Å². The predicted octanol–water partition coefficient (Wildman–Crippen LogP) is 2.83. The Morgan fingerprint density at radius 1 is 1.00 bits per heavy atom. The third-order valence-electron chi connectivity index (χ3n) is 2.73. The maximum absolute atomic E-state index is 13.3. The van der Waals surface area contributed by atoms with Crippen LogP contribution in [0.2, 0.25) is 0 Å². The summed E-state index contributed by atoms with van der Waals surface area (Å²) in [4.78, 5) is 11.6. The summed E-state index contributed by atoms with van der Waals surface area (Å²) in [6.45, 7) is 0.120. The van der Waals surface area contributed by atoms with E-state index in [0.29, 0.717) is 5.56 Å². The summed E-state index contributed by atoms with van der Waals surface area (Å²) in [5.41, 5.74) is 0.190. The molecular weight excluding hydrogens is 281 g/mol. The van der Waals surface area contributed by atoms with Crippen molar-refractivity contribution in [3.05, 3.63) is 65.5 Å². The van der Waals surface area contributed by atoms with Crippen LogP contribution in [0.15, 0.2) is 42.5 Å². The minimum atomic E-state index is -0.839. The third-order valence-corrected chi connectivity index (χ3v) is 2.73. The van der Waals surface area contributed by atoms with Crippen molar-refractivity contribution in [2.45, 2.75) is 6.54 Å². The number of anilines is 1. The molecule has 21 heavy (non-hydrogen) atoms. The lowest BCUT2D eigenvalue weighted by atomic mass is 10.2. The first kappa shape index (κ1) is 15.1. The van der Waals surface area contributed by atoms with Crippen LogP contribution < -0.4 is 10.6 Å². The second-order valence-corrected chi connectivity index (χ2v) is 4.38. The zero-order valence-corrected chi connectivity index (χ0v) is 11.0. The van der Waals surface area contributed by atoms with E-state index in [1.165, 1.54) is 18.2 Å². The molecule has 6 heteroatoms. The highest BCUT2D eigenvalue weighted by atomic mass is 19.1. The molecular formula is C15H13F3N2O. The van der Waals surface area contributed by atoms with Crippen LogP contribution in [0.5, 0.6) is 0 Å². The first-order chi connectivity index (χ1) is 10.1. The molecule has 0 aliphatic carbocycles. The zero-order valence-electron chi connectivity index (χ0n) is 11.0. The lowest BCUT2D eigenvalue weighted by Crippen LogP contribution is -2.28. The molecule has 0 atom stereocenters. The van der Waals surface area contributed by atoms with Gasteiger partial charge >= 0.3 is 0 Å². The summed E-state index contributed by atoms with van der Waals surface area (Å²) in [5.74, 6) is -2.63. The van der Waals surface area contributed by atoms with Crippen LogP contribution in [0.3, 0.4) is 0 Å². The van der Waals surface area contributed by atoms with Crippen molar-refractivity contribution in [1.29, 1.82) is 0 Å². The van der Waals surface area contributed by atoms with Crippen LogP contribution in [0.4, 0.5) is 18.9 Å². The van der Waals surface area contributed by atoms with E-state index in [1.54, 1.807) is 12.1 Å². The van der Waals surface area contributed by atoms with Gasteiger partial charge in [-0.1, -0.05) is 18.2 Å². The van der Waals surface area contributed by atoms with E-state index in [4.69, 9.17) is 0 Å². The van der Waals surface area contributed by atoms with E-state index < -0.39 is 23.2 Å². The number of carbonyl (C=O) groups excluding carboxylic acids is 1. The van der Waals surface area contributed by atoms with E-state index in [0.717, 1.165) is 12.1 Å². The summed E-state index contributed by atoms with van der Waals surface area (Å²) in [7, 11) is 0. The standard InChI is InChI=1S/C15H13F3N2O/c16-11-4-1-3-10(7-11)8-19-9-14(21)20-15-12(17)5-2-6-13(15)18/h1-7,19H,8-9H2,(H,20,21). The number of amides is 1. The molecule has 0 aliphatic heterocycles. The number of para-hydroxylation sites is 1. The van der Waals surface area contributed by atoms with Gasteiger partial charge in [-0.3, -0.25) is 4.79 Å². The van der Waals surface area contributed by atoms with Crippen molar-refractivity contribution >= 4 is 11.6 Å². The SMILES string of the molecule is O=C(CNCc1cccc(F)c1)Nc1c(F)cccc1F. The molecule has 0 spiro atoms. The third kappa shape index (κ3) is 4.32. The van der Waals surface area contributed by atoms with Gasteiger partial charge in [0, 0.05) is 6.54 Å². The molecule has 0 heterocycles. The summed E-state index contributed by atoms with van der Waals surface area (Å²) >= 11 is 0. The van der Waals surface area contributed by atoms with Crippen LogP contribution in [0.25, 0.3) is 0 Å². The Morgan fingerprint density at radius 2 is 1.67 bits per heavy atom. The molecule has 2 rings (SSSR count). The Hall–Kier alpha value is -2.34. The van der Waals surface area contributed by atoms with Crippen molar-refractivity contribution in [2.24, 2.45) is 0 Å². The number of nitrogens with one attached hydrogen (secondary N) is 2. The van der Waals surface area contributed by atoms with Gasteiger partial charge in [0.05, 0.1) is 6.54 Å². The first-order valence-corrected chi connectivity index (χ1v) is 6.25. The minimum Gasteiger partial charge on any atom is -0.320 e. The molecule has 2 N–H and O–H groups in total. The Morgan fingerprint density at radius 3 is 2.33 bits per heavy atom. The van der Waals surface area contributed by atoms with Crippen LogP contribution in [0, 0.1) is 17.5 Å². The van der Waals surface area contributed by atoms with E-state index in [2.05, 4.69) is 10.6 Å². The number of hydrogen-bond donors (Lipinski definition) is 2. The predicted molar refractivity (Wildman–Crippen MR) is 73.1 cm³/mol. The second kappa shape index (κ2) is 6.90. The molecule has 0 bridgehead atoms. The summed E-state index contributed by atoms with van der Waals surface area (Å²) in [6, 6.07) is 9.23. The van der Waals surface area contributed by atoms with Crippen LogP contribution >= 0.6 is 0 Å². The molecule has 0 saturated carbocycles. The fourth-order valence-electron chi connectivity index (χ4n) is 1.77. The van der Waals surface area contributed by atoms with Crippen molar-refractivity contribution < 1.29 is 18.0 Å². The van der Waals surface area contributed by atoms with Gasteiger partial charge in [-0.25, -0.2) is 13.2 Å². The summed E-state index contributed by atoms with van der Waals surface area (Å²) < 4.78 is 39.6. The van der Waals surface area contributed by atoms with Gasteiger partial charge < -0.3 is 10.6 Å². The molecule has 3 nitrogen and oxygen atoms in total. The van der Waals surface area contributed by atoms with E-state index >= 15 is 0 Å². The monoisotopic (exact) mass is 294 g/mol. The van der Waals surface area contributed by atoms with E-state index in [1.807, 2.05) is 0 Å². The topological polar surface area (TPSA) is 41.1 Å². The maximum Gasteiger partial charge on any atom is 0.238 e. The van der Waals surface area contributed by atoms with E-state index in [-0.39, 0.29) is 18.9 Å². The molecule has 0 saturated heterocycles. The van der Waals surface area contributed by atoms with Gasteiger partial charge in [-0.05, 0) is 29.8 Å². The largest absolute Gasteiger partial charge is 0.320 e. The molecule has 0 fully saturated rings. The van der Waals surface area contributed by atoms with Crippen LogP contribution in [-0.4, -0.2) is 12.5 Å². The van der Waals surface area contributed by atoms with E-state index in [9.17, 15) is 18.0 Å². The smallest absolute Gasteiger partial charge is 0.238 e. The Kier molecular flexibility index (Phi) is 4.94. The lowest BCUT2D eigenvalue weighted by molar-refractivity contribution is -0.115. The lowest BCUT2D eigenvalue weighted by Gasteiger charge is -2.08. The quantitative estimate of drug-likeness (QED) is 0.890. The molecule has 2 aromatic rings. The Labute approximate surface area is 119 Å². The molecule has 0 aliphatic rings. The van der Waals surface area contributed by atoms with Crippen molar-refractivity contribution in [3.63, 3.8) is 0 Å². The average Bonchev–Trinajstić information content (AvgIpc) is 2.43. The molecule has 0 unspecified atom stereocenters. The highest BCUT2D eigenvalue weighted by Crippen LogP contribution is 2.17. The van der Waals surface area contributed by atoms with Gasteiger partial charge in [-0.2, -0.15) is 0 Å². The van der Waals surface area contributed by atoms with Crippen LogP contribution in [-0.2, 0) is 11.3 Å². The van der Waals surface area contributed by atoms with Crippen LogP contribution in [0.1, 0.15) is 5.56 Å². The maximum atomic E-state index is 13.3. The van der Waals surface area contributed by atoms with Crippen molar-refractivity contribution in [1.82, 2.24) is 5.32 Å². The normalized spacial score (nSPS) is 10.4. The first-order valence-electron chi connectivity index (χ1n) is 6.25. The number of carbonyl (C=O) groups is 1. The highest BCUT2D eigenvalue weighted by molar-refractivity contribution is 5.92. The molecule has 0 radical (unpaired) electrons. The highest BCUT2D eigenvalue weighted by Gasteiger charge is 2.11. The number of hydrogen-bond acceptors (Lipinski definition) is 2. The van der Waals surface area contributed by atoms with Gasteiger partial charge in [0.2, 0.25) is 5.91 Å². The molecule has 2 aromatic carbocycles.